The fourth-order valence-electron chi connectivity index (χ4n) is 4.08. The molecule has 2 unspecified atom stereocenters. The highest BCUT2D eigenvalue weighted by Gasteiger charge is 2.22. The van der Waals surface area contributed by atoms with Crippen molar-refractivity contribution in [3.63, 3.8) is 0 Å². The third-order valence-electron chi connectivity index (χ3n) is 5.73. The van der Waals surface area contributed by atoms with E-state index >= 15 is 0 Å². The molecule has 0 saturated heterocycles. The van der Waals surface area contributed by atoms with Crippen molar-refractivity contribution in [2.24, 2.45) is 10.9 Å². The molecule has 2 aliphatic rings. The van der Waals surface area contributed by atoms with Gasteiger partial charge < -0.3 is 26.0 Å². The van der Waals surface area contributed by atoms with Gasteiger partial charge in [-0.3, -0.25) is 4.99 Å². The first-order valence-corrected chi connectivity index (χ1v) is 10.7. The van der Waals surface area contributed by atoms with E-state index in [1.165, 1.54) is 32.1 Å². The van der Waals surface area contributed by atoms with Gasteiger partial charge >= 0.3 is 0 Å². The Labute approximate surface area is 168 Å². The fourth-order valence-corrected chi connectivity index (χ4v) is 4.08. The number of aliphatic imine (C=N–C) groups is 1. The van der Waals surface area contributed by atoms with Crippen LogP contribution in [0.3, 0.4) is 0 Å². The molecule has 1 saturated carbocycles. The van der Waals surface area contributed by atoms with Crippen molar-refractivity contribution < 1.29 is 5.11 Å². The van der Waals surface area contributed by atoms with Gasteiger partial charge in [0.25, 0.3) is 0 Å². The number of aliphatic hydroxyl groups excluding tert-OH is 1. The highest BCUT2D eigenvalue weighted by atomic mass is 16.3. The lowest BCUT2D eigenvalue weighted by atomic mass is 9.91. The van der Waals surface area contributed by atoms with Crippen LogP contribution >= 0.6 is 0 Å². The Morgan fingerprint density at radius 3 is 2.82 bits per heavy atom. The van der Waals surface area contributed by atoms with Gasteiger partial charge in [-0.15, -0.1) is 0 Å². The minimum atomic E-state index is 0.0871. The normalized spacial score (nSPS) is 19.6. The molecule has 0 amide bonds. The highest BCUT2D eigenvalue weighted by Crippen LogP contribution is 2.26. The summed E-state index contributed by atoms with van der Waals surface area (Å²) in [6.45, 7) is 5.56. The maximum absolute atomic E-state index is 10.0. The van der Waals surface area contributed by atoms with Crippen molar-refractivity contribution in [1.29, 1.82) is 0 Å². The monoisotopic (exact) mass is 384 g/mol. The average molecular weight is 385 g/mol. The molecule has 0 bridgehead atoms. The van der Waals surface area contributed by atoms with Crippen molar-refractivity contribution in [2.75, 3.05) is 19.7 Å². The summed E-state index contributed by atoms with van der Waals surface area (Å²) in [7, 11) is 0. The van der Waals surface area contributed by atoms with Crippen molar-refractivity contribution in [3.8, 4) is 0 Å². The average Bonchev–Trinajstić information content (AvgIpc) is 2.75. The van der Waals surface area contributed by atoms with Gasteiger partial charge in [-0.25, -0.2) is 0 Å². The number of aryl methyl sites for hydroxylation is 1. The van der Waals surface area contributed by atoms with Gasteiger partial charge in [0.05, 0.1) is 6.54 Å². The Balaban J connectivity index is 1.66. The molecule has 154 valence electrons. The number of nitrogens with one attached hydrogen (secondary N) is 2. The number of aliphatic hydroxyl groups is 1. The maximum Gasteiger partial charge on any atom is 0.132 e. The molecule has 0 spiro atoms. The summed E-state index contributed by atoms with van der Waals surface area (Å²) in [5.41, 5.74) is 2.01. The van der Waals surface area contributed by atoms with E-state index in [1.54, 1.807) is 0 Å². The van der Waals surface area contributed by atoms with E-state index in [4.69, 9.17) is 5.32 Å². The van der Waals surface area contributed by atoms with E-state index in [-0.39, 0.29) is 18.6 Å². The van der Waals surface area contributed by atoms with Gasteiger partial charge in [-0.1, -0.05) is 43.8 Å². The molecule has 3 N–H and O–H groups in total. The summed E-state index contributed by atoms with van der Waals surface area (Å²) < 4.78 is 0. The van der Waals surface area contributed by atoms with E-state index in [2.05, 4.69) is 33.6 Å². The van der Waals surface area contributed by atoms with Crippen LogP contribution in [0.15, 0.2) is 29.5 Å². The van der Waals surface area contributed by atoms with Crippen LogP contribution in [0.1, 0.15) is 56.6 Å². The predicted octanol–water partition coefficient (Wildman–Crippen LogP) is 3.57. The maximum atomic E-state index is 10.0. The minimum Gasteiger partial charge on any atom is -0.465 e. The van der Waals surface area contributed by atoms with Gasteiger partial charge in [0.15, 0.2) is 0 Å². The smallest absolute Gasteiger partial charge is 0.132 e. The van der Waals surface area contributed by atoms with Crippen molar-refractivity contribution >= 4 is 11.7 Å². The lowest BCUT2D eigenvalue weighted by molar-refractivity contribution is 0.181. The molecule has 2 heterocycles. The first-order chi connectivity index (χ1) is 13.7. The SMILES string of the molecule is CCC(NC1CCCCC1)C(CO)C[N-]c1ncc(C)cc1C1=NCC=CN1. The zero-order valence-corrected chi connectivity index (χ0v) is 17.2. The van der Waals surface area contributed by atoms with Crippen LogP contribution in [0.4, 0.5) is 5.82 Å². The summed E-state index contributed by atoms with van der Waals surface area (Å²) in [4.78, 5) is 9.08. The van der Waals surface area contributed by atoms with Gasteiger partial charge in [-0.2, -0.15) is 0 Å². The summed E-state index contributed by atoms with van der Waals surface area (Å²) in [6.07, 6.45) is 13.2. The zero-order chi connectivity index (χ0) is 19.8. The number of nitrogens with zero attached hydrogens (tertiary/aromatic N) is 3. The Bertz CT molecular complexity index is 682. The van der Waals surface area contributed by atoms with E-state index in [0.29, 0.717) is 24.9 Å². The minimum absolute atomic E-state index is 0.0871. The van der Waals surface area contributed by atoms with Crippen molar-refractivity contribution in [1.82, 2.24) is 15.6 Å². The van der Waals surface area contributed by atoms with Crippen molar-refractivity contribution in [3.05, 3.63) is 41.0 Å². The quantitative estimate of drug-likeness (QED) is 0.608. The second kappa shape index (κ2) is 10.6. The van der Waals surface area contributed by atoms with Crippen LogP contribution in [0.25, 0.3) is 5.32 Å². The van der Waals surface area contributed by atoms with E-state index < -0.39 is 0 Å². The van der Waals surface area contributed by atoms with Crippen molar-refractivity contribution in [2.45, 2.75) is 64.5 Å². The number of aromatic nitrogens is 1. The molecule has 1 aromatic rings. The van der Waals surface area contributed by atoms with Crippen LogP contribution in [-0.2, 0) is 0 Å². The molecule has 1 aliphatic heterocycles. The molecule has 2 atom stereocenters. The Hall–Kier alpha value is -1.92. The lowest BCUT2D eigenvalue weighted by Crippen LogP contribution is -2.45. The molecule has 1 aromatic heterocycles. The number of amidine groups is 1. The lowest BCUT2D eigenvalue weighted by Gasteiger charge is -2.34. The summed E-state index contributed by atoms with van der Waals surface area (Å²) >= 11 is 0. The summed E-state index contributed by atoms with van der Waals surface area (Å²) in [6, 6.07) is 2.93. The summed E-state index contributed by atoms with van der Waals surface area (Å²) in [5.74, 6) is 1.59. The largest absolute Gasteiger partial charge is 0.465 e. The highest BCUT2D eigenvalue weighted by molar-refractivity contribution is 6.04. The molecule has 0 aromatic carbocycles. The first-order valence-electron chi connectivity index (χ1n) is 10.7. The van der Waals surface area contributed by atoms with E-state index in [9.17, 15) is 5.11 Å². The second-order valence-corrected chi connectivity index (χ2v) is 7.92. The number of rotatable bonds is 9. The topological polar surface area (TPSA) is 83.6 Å². The third kappa shape index (κ3) is 5.55. The number of pyridine rings is 1. The molecule has 0 radical (unpaired) electrons. The van der Waals surface area contributed by atoms with Crippen LogP contribution in [0.5, 0.6) is 0 Å². The molecule has 6 heteroatoms. The van der Waals surface area contributed by atoms with Gasteiger partial charge in [-0.05, 0) is 50.8 Å². The number of hydrogen-bond donors (Lipinski definition) is 3. The zero-order valence-electron chi connectivity index (χ0n) is 17.2. The molecule has 3 rings (SSSR count). The Morgan fingerprint density at radius 1 is 1.32 bits per heavy atom. The number of hydrogen-bond acceptors (Lipinski definition) is 5. The van der Waals surface area contributed by atoms with Gasteiger partial charge in [0.1, 0.15) is 5.84 Å². The van der Waals surface area contributed by atoms with Gasteiger partial charge in [0, 0.05) is 30.5 Å². The molecule has 28 heavy (non-hydrogen) atoms. The fraction of sp³-hybridized carbons (Fsp3) is 0.636. The van der Waals surface area contributed by atoms with Crippen LogP contribution in [0.2, 0.25) is 0 Å². The van der Waals surface area contributed by atoms with E-state index in [0.717, 1.165) is 23.4 Å². The first kappa shape index (κ1) is 20.8. The van der Waals surface area contributed by atoms with E-state index in [1.807, 2.05) is 25.4 Å². The van der Waals surface area contributed by atoms with Crippen LogP contribution in [-0.4, -0.2) is 47.7 Å². The molecule has 1 aliphatic carbocycles. The van der Waals surface area contributed by atoms with Crippen LogP contribution in [0, 0.1) is 12.8 Å². The molecule has 1 fully saturated rings. The molecule has 6 nitrogen and oxygen atoms in total. The Kier molecular flexibility index (Phi) is 7.86. The third-order valence-corrected chi connectivity index (χ3v) is 5.73. The summed E-state index contributed by atoms with van der Waals surface area (Å²) in [5, 5.41) is 21.8. The predicted molar refractivity (Wildman–Crippen MR) is 115 cm³/mol. The molecular weight excluding hydrogens is 350 g/mol. The second-order valence-electron chi connectivity index (χ2n) is 7.92. The standard InChI is InChI=1S/C22H34N5O/c1-3-20(27-18-8-5-4-6-9-18)17(15-28)14-26-22-19(12-16(2)13-25-22)21-23-10-7-11-24-21/h7,10,12-13,17-18,20,27-28H,3-6,8-9,11,14-15H2,1-2H3,(H-,23,24,25,26)/q-1. The van der Waals surface area contributed by atoms with Crippen LogP contribution < -0.4 is 10.6 Å². The van der Waals surface area contributed by atoms with Gasteiger partial charge in [0.2, 0.25) is 0 Å². The Morgan fingerprint density at radius 2 is 2.14 bits per heavy atom. The molecular formula is C22H34N5O-.